The number of aliphatic hydroxyl groups excluding tert-OH is 1. The van der Waals surface area contributed by atoms with Crippen molar-refractivity contribution >= 4 is 0 Å². The van der Waals surface area contributed by atoms with Crippen molar-refractivity contribution in [2.75, 3.05) is 0 Å². The molecule has 0 heterocycles. The molecule has 1 nitrogen and oxygen atoms in total. The van der Waals surface area contributed by atoms with Crippen molar-refractivity contribution in [3.8, 4) is 0 Å². The Morgan fingerprint density at radius 3 is 1.14 bits per heavy atom. The molecule has 0 aliphatic heterocycles. The van der Waals surface area contributed by atoms with Gasteiger partial charge in [0.05, 0.1) is 0 Å². The molecule has 0 saturated heterocycles. The van der Waals surface area contributed by atoms with Crippen molar-refractivity contribution in [1.29, 1.82) is 0 Å². The fourth-order valence-electron chi connectivity index (χ4n) is 0. The van der Waals surface area contributed by atoms with Crippen LogP contribution in [0.15, 0.2) is 0 Å². The van der Waals surface area contributed by atoms with E-state index in [1.54, 1.807) is 13.8 Å². The Morgan fingerprint density at radius 2 is 1.14 bits per heavy atom. The Labute approximate surface area is 66.3 Å². The summed E-state index contributed by atoms with van der Waals surface area (Å²) in [5.41, 5.74) is 0. The number of hydrogen-bond acceptors (Lipinski definition) is 1. The molecule has 0 aromatic rings. The Kier molecular flexibility index (Phi) is 56.2. The summed E-state index contributed by atoms with van der Waals surface area (Å²) < 4.78 is 0. The zero-order chi connectivity index (χ0) is 3.58. The molecule has 7 heavy (non-hydrogen) atoms. The van der Waals surface area contributed by atoms with E-state index in [9.17, 15) is 0 Å². The first-order valence-electron chi connectivity index (χ1n) is 1.41. The van der Waals surface area contributed by atoms with E-state index >= 15 is 0 Å². The summed E-state index contributed by atoms with van der Waals surface area (Å²) in [5.74, 6) is 0. The third kappa shape index (κ3) is 226. The zero-order valence-corrected chi connectivity index (χ0v) is 7.98. The second-order valence-electron chi connectivity index (χ2n) is 1.09. The fraction of sp³-hybridized carbons (Fsp3) is 0.600. The fourth-order valence-corrected chi connectivity index (χ4v) is 0. The largest absolute Gasteiger partial charge is 2.00 e. The van der Waals surface area contributed by atoms with Gasteiger partial charge in [0.2, 0.25) is 0 Å². The Balaban J connectivity index is -0.0000000150. The molecule has 1 N–H and O–H groups in total. The summed E-state index contributed by atoms with van der Waals surface area (Å²) in [4.78, 5) is 0. The average molecular weight is 181 g/mol. The molecule has 44 valence electrons. The number of hydrogen-bond donors (Lipinski definition) is 1. The first-order valence-corrected chi connectivity index (χ1v) is 1.41. The Morgan fingerprint density at radius 1 is 1.14 bits per heavy atom. The summed E-state index contributed by atoms with van der Waals surface area (Å²) in [5, 5.41) is 8.06. The average Bonchev–Trinajstić information content (AvgIpc) is 0.811. The van der Waals surface area contributed by atoms with Crippen molar-refractivity contribution in [3.05, 3.63) is 14.9 Å². The van der Waals surface area contributed by atoms with E-state index in [2.05, 4.69) is 0 Å². The SMILES string of the molecule is CC(C)O.[CH3-].[CH3-].[Zr+2]. The van der Waals surface area contributed by atoms with E-state index in [0.717, 1.165) is 0 Å². The molecule has 0 bridgehead atoms. The van der Waals surface area contributed by atoms with E-state index < -0.39 is 0 Å². The Hall–Kier alpha value is 0.843. The first kappa shape index (κ1) is 24.9. The third-order valence-corrected chi connectivity index (χ3v) is 0. The van der Waals surface area contributed by atoms with Gasteiger partial charge in [-0.05, 0) is 13.8 Å². The van der Waals surface area contributed by atoms with Crippen molar-refractivity contribution in [1.82, 2.24) is 0 Å². The molecule has 0 saturated carbocycles. The van der Waals surface area contributed by atoms with Gasteiger partial charge in [-0.25, -0.2) is 0 Å². The minimum Gasteiger partial charge on any atom is -0.394 e. The standard InChI is InChI=1S/C3H8O.2CH3.Zr/c1-3(2)4;;;/h3-4H,1-2H3;2*1H3;/q;2*-1;+2. The molecule has 0 fully saturated rings. The quantitative estimate of drug-likeness (QED) is 0.558. The van der Waals surface area contributed by atoms with E-state index in [0.29, 0.717) is 0 Å². The monoisotopic (exact) mass is 180 g/mol. The van der Waals surface area contributed by atoms with Gasteiger partial charge in [0.15, 0.2) is 0 Å². The number of rotatable bonds is 0. The molecule has 0 rings (SSSR count). The number of aliphatic hydroxyl groups is 1. The van der Waals surface area contributed by atoms with Gasteiger partial charge in [-0.15, -0.1) is 0 Å². The van der Waals surface area contributed by atoms with Crippen LogP contribution in [0.3, 0.4) is 0 Å². The van der Waals surface area contributed by atoms with Gasteiger partial charge in [0, 0.05) is 6.10 Å². The smallest absolute Gasteiger partial charge is 0.394 e. The van der Waals surface area contributed by atoms with Crippen LogP contribution in [0.4, 0.5) is 0 Å². The van der Waals surface area contributed by atoms with Crippen molar-refractivity contribution in [3.63, 3.8) is 0 Å². The molecule has 0 atom stereocenters. The van der Waals surface area contributed by atoms with Crippen LogP contribution >= 0.6 is 0 Å². The molecule has 2 heteroatoms. The first-order chi connectivity index (χ1) is 1.73. The van der Waals surface area contributed by atoms with Crippen LogP contribution in [0.2, 0.25) is 0 Å². The van der Waals surface area contributed by atoms with E-state index in [1.165, 1.54) is 0 Å². The van der Waals surface area contributed by atoms with Gasteiger partial charge in [-0.1, -0.05) is 0 Å². The van der Waals surface area contributed by atoms with Crippen LogP contribution < -0.4 is 0 Å². The van der Waals surface area contributed by atoms with Crippen molar-refractivity contribution < 1.29 is 31.3 Å². The van der Waals surface area contributed by atoms with E-state index in [-0.39, 0.29) is 47.2 Å². The molecule has 0 aromatic heterocycles. The molecule has 0 aromatic carbocycles. The van der Waals surface area contributed by atoms with Crippen LogP contribution in [0.1, 0.15) is 13.8 Å². The van der Waals surface area contributed by atoms with Gasteiger partial charge in [0.25, 0.3) is 0 Å². The minimum atomic E-state index is -0.167. The van der Waals surface area contributed by atoms with Gasteiger partial charge in [-0.2, -0.15) is 0 Å². The van der Waals surface area contributed by atoms with Crippen LogP contribution in [-0.2, 0) is 26.2 Å². The molecule has 0 spiro atoms. The van der Waals surface area contributed by atoms with Gasteiger partial charge < -0.3 is 20.0 Å². The summed E-state index contributed by atoms with van der Waals surface area (Å²) in [6, 6.07) is 0. The summed E-state index contributed by atoms with van der Waals surface area (Å²) in [7, 11) is 0. The maximum absolute atomic E-state index is 8.06. The molecule has 0 unspecified atom stereocenters. The van der Waals surface area contributed by atoms with Gasteiger partial charge in [0.1, 0.15) is 0 Å². The second kappa shape index (κ2) is 15.8. The maximum atomic E-state index is 8.06. The van der Waals surface area contributed by atoms with Crippen LogP contribution in [0.5, 0.6) is 0 Å². The van der Waals surface area contributed by atoms with Crippen LogP contribution in [0, 0.1) is 14.9 Å². The molecular formula is C5H14OZr. The van der Waals surface area contributed by atoms with Gasteiger partial charge >= 0.3 is 26.2 Å². The van der Waals surface area contributed by atoms with E-state index in [1.807, 2.05) is 0 Å². The van der Waals surface area contributed by atoms with E-state index in [4.69, 9.17) is 5.11 Å². The van der Waals surface area contributed by atoms with Crippen molar-refractivity contribution in [2.24, 2.45) is 0 Å². The summed E-state index contributed by atoms with van der Waals surface area (Å²) in [6.07, 6.45) is -0.167. The molecule has 0 aliphatic carbocycles. The predicted molar refractivity (Wildman–Crippen MR) is 30.2 cm³/mol. The summed E-state index contributed by atoms with van der Waals surface area (Å²) >= 11 is 0. The Bertz CT molecular complexity index is 12.8. The normalized spacial score (nSPS) is 5.14. The molecular weight excluding hydrogens is 167 g/mol. The predicted octanol–water partition coefficient (Wildman–Crippen LogP) is 1.29. The van der Waals surface area contributed by atoms with Crippen molar-refractivity contribution in [2.45, 2.75) is 20.0 Å². The third-order valence-electron chi connectivity index (χ3n) is 0. The zero-order valence-electron chi connectivity index (χ0n) is 5.52. The summed E-state index contributed by atoms with van der Waals surface area (Å²) in [6.45, 7) is 3.44. The maximum Gasteiger partial charge on any atom is 2.00 e. The second-order valence-corrected chi connectivity index (χ2v) is 1.09. The van der Waals surface area contributed by atoms with Crippen LogP contribution in [-0.4, -0.2) is 11.2 Å². The molecule has 0 amide bonds. The van der Waals surface area contributed by atoms with Gasteiger partial charge in [-0.3, -0.25) is 0 Å². The van der Waals surface area contributed by atoms with Crippen LogP contribution in [0.25, 0.3) is 0 Å². The molecule has 0 radical (unpaired) electrons. The minimum absolute atomic E-state index is 0. The molecule has 0 aliphatic rings. The topological polar surface area (TPSA) is 20.2 Å².